The predicted octanol–water partition coefficient (Wildman–Crippen LogP) is 13.1. The zero-order valence-corrected chi connectivity index (χ0v) is 28.4. The molecule has 1 aliphatic heterocycles. The lowest BCUT2D eigenvalue weighted by Gasteiger charge is -2.28. The SMILES string of the molecule is CC1(C)c2ccccc2-c2ccc(N(c3ccc(-c4ccccc4)cc3)c3ccc4oc5ccc6c(c5c4c3)C=C=C(c3ccccc3)O6)cc21. The summed E-state index contributed by atoms with van der Waals surface area (Å²) in [6, 6.07) is 55.8. The van der Waals surface area contributed by atoms with E-state index in [9.17, 15) is 0 Å². The Labute approximate surface area is 297 Å². The molecular formula is C48H33NO2. The van der Waals surface area contributed by atoms with Gasteiger partial charge in [-0.25, -0.2) is 0 Å². The van der Waals surface area contributed by atoms with Crippen LogP contribution < -0.4 is 9.64 Å². The monoisotopic (exact) mass is 655 g/mol. The van der Waals surface area contributed by atoms with Crippen LogP contribution in [0.2, 0.25) is 0 Å². The van der Waals surface area contributed by atoms with Crippen LogP contribution in [-0.4, -0.2) is 0 Å². The van der Waals surface area contributed by atoms with Gasteiger partial charge in [0.25, 0.3) is 0 Å². The molecule has 0 amide bonds. The number of furan rings is 1. The van der Waals surface area contributed by atoms with Gasteiger partial charge < -0.3 is 14.1 Å². The molecule has 1 aromatic heterocycles. The summed E-state index contributed by atoms with van der Waals surface area (Å²) in [6.45, 7) is 4.67. The maximum Gasteiger partial charge on any atom is 0.176 e. The van der Waals surface area contributed by atoms with E-state index < -0.39 is 0 Å². The lowest BCUT2D eigenvalue weighted by atomic mass is 9.82. The molecule has 0 bridgehead atoms. The first-order valence-electron chi connectivity index (χ1n) is 17.4. The number of anilines is 3. The van der Waals surface area contributed by atoms with Gasteiger partial charge in [0, 0.05) is 44.4 Å². The van der Waals surface area contributed by atoms with Gasteiger partial charge in [-0.15, -0.1) is 0 Å². The zero-order valence-electron chi connectivity index (χ0n) is 28.4. The average Bonchev–Trinajstić information content (AvgIpc) is 3.67. The van der Waals surface area contributed by atoms with Crippen molar-refractivity contribution in [3.63, 3.8) is 0 Å². The highest BCUT2D eigenvalue weighted by Gasteiger charge is 2.35. The molecule has 0 radical (unpaired) electrons. The minimum Gasteiger partial charge on any atom is -0.456 e. The normalized spacial score (nSPS) is 13.7. The van der Waals surface area contributed by atoms with E-state index in [2.05, 4.69) is 140 Å². The highest BCUT2D eigenvalue weighted by molar-refractivity contribution is 6.12. The Morgan fingerprint density at radius 1 is 0.529 bits per heavy atom. The summed E-state index contributed by atoms with van der Waals surface area (Å²) in [4.78, 5) is 2.36. The first-order valence-corrected chi connectivity index (χ1v) is 17.4. The van der Waals surface area contributed by atoms with Gasteiger partial charge in [-0.05, 0) is 94.1 Å². The van der Waals surface area contributed by atoms with E-state index in [0.717, 1.165) is 55.9 Å². The molecule has 0 saturated carbocycles. The maximum absolute atomic E-state index is 6.44. The molecule has 0 unspecified atom stereocenters. The summed E-state index contributed by atoms with van der Waals surface area (Å²) in [5.41, 5.74) is 17.8. The van der Waals surface area contributed by atoms with E-state index in [1.165, 1.54) is 33.4 Å². The van der Waals surface area contributed by atoms with Gasteiger partial charge in [0.15, 0.2) is 5.76 Å². The van der Waals surface area contributed by atoms with Crippen LogP contribution >= 0.6 is 0 Å². The van der Waals surface area contributed by atoms with Gasteiger partial charge in [0.2, 0.25) is 0 Å². The van der Waals surface area contributed by atoms with Gasteiger partial charge in [-0.1, -0.05) is 123 Å². The number of hydrogen-bond acceptors (Lipinski definition) is 3. The highest BCUT2D eigenvalue weighted by atomic mass is 16.5. The quantitative estimate of drug-likeness (QED) is 0.173. The van der Waals surface area contributed by atoms with Crippen LogP contribution in [0.5, 0.6) is 5.75 Å². The molecule has 51 heavy (non-hydrogen) atoms. The summed E-state index contributed by atoms with van der Waals surface area (Å²) in [6.07, 6.45) is 2.03. The van der Waals surface area contributed by atoms with Gasteiger partial charge in [-0.2, -0.15) is 0 Å². The molecule has 3 nitrogen and oxygen atoms in total. The Morgan fingerprint density at radius 3 is 1.96 bits per heavy atom. The minimum absolute atomic E-state index is 0.118. The van der Waals surface area contributed by atoms with Crippen molar-refractivity contribution in [2.45, 2.75) is 19.3 Å². The van der Waals surface area contributed by atoms with Gasteiger partial charge in [0.1, 0.15) is 16.9 Å². The van der Waals surface area contributed by atoms with Gasteiger partial charge in [0.05, 0.1) is 0 Å². The van der Waals surface area contributed by atoms with Gasteiger partial charge >= 0.3 is 0 Å². The van der Waals surface area contributed by atoms with Crippen LogP contribution in [0.3, 0.4) is 0 Å². The van der Waals surface area contributed by atoms with Crippen LogP contribution in [0.4, 0.5) is 17.1 Å². The third-order valence-electron chi connectivity index (χ3n) is 10.5. The zero-order chi connectivity index (χ0) is 34.1. The van der Waals surface area contributed by atoms with Crippen molar-refractivity contribution >= 4 is 50.8 Å². The largest absolute Gasteiger partial charge is 0.456 e. The molecule has 3 heteroatoms. The molecule has 0 fully saturated rings. The maximum atomic E-state index is 6.44. The van der Waals surface area contributed by atoms with E-state index in [1.54, 1.807) is 0 Å². The van der Waals surface area contributed by atoms with Crippen LogP contribution in [0.1, 0.15) is 36.1 Å². The van der Waals surface area contributed by atoms with Crippen molar-refractivity contribution in [3.05, 3.63) is 186 Å². The summed E-state index contributed by atoms with van der Waals surface area (Å²) in [7, 11) is 0. The fourth-order valence-electron chi connectivity index (χ4n) is 7.96. The van der Waals surface area contributed by atoms with E-state index >= 15 is 0 Å². The van der Waals surface area contributed by atoms with Crippen molar-refractivity contribution in [2.24, 2.45) is 0 Å². The van der Waals surface area contributed by atoms with Gasteiger partial charge in [-0.3, -0.25) is 0 Å². The summed E-state index contributed by atoms with van der Waals surface area (Å²) in [5, 5.41) is 2.05. The first-order chi connectivity index (χ1) is 25.0. The Hall–Kier alpha value is -6.54. The van der Waals surface area contributed by atoms with Crippen LogP contribution in [0, 0.1) is 0 Å². The average molecular weight is 656 g/mol. The third-order valence-corrected chi connectivity index (χ3v) is 10.5. The second-order valence-electron chi connectivity index (χ2n) is 13.9. The minimum atomic E-state index is -0.118. The lowest BCUT2D eigenvalue weighted by molar-refractivity contribution is 0.513. The second kappa shape index (κ2) is 11.2. The molecule has 8 aromatic rings. The van der Waals surface area contributed by atoms with Crippen molar-refractivity contribution < 1.29 is 9.15 Å². The highest BCUT2D eigenvalue weighted by Crippen LogP contribution is 2.51. The van der Waals surface area contributed by atoms with E-state index in [1.807, 2.05) is 48.5 Å². The smallest absolute Gasteiger partial charge is 0.176 e. The van der Waals surface area contributed by atoms with Crippen molar-refractivity contribution in [1.29, 1.82) is 0 Å². The Balaban J connectivity index is 1.15. The molecule has 0 atom stereocenters. The molecule has 0 saturated heterocycles. The van der Waals surface area contributed by atoms with E-state index in [4.69, 9.17) is 9.15 Å². The molecule has 2 aliphatic rings. The summed E-state index contributed by atoms with van der Waals surface area (Å²) >= 11 is 0. The number of ether oxygens (including phenoxy) is 1. The first kappa shape index (κ1) is 29.4. The Kier molecular flexibility index (Phi) is 6.48. The molecule has 242 valence electrons. The van der Waals surface area contributed by atoms with Crippen molar-refractivity contribution in [3.8, 4) is 28.0 Å². The molecule has 10 rings (SSSR count). The molecular weight excluding hydrogens is 623 g/mol. The predicted molar refractivity (Wildman–Crippen MR) is 210 cm³/mol. The topological polar surface area (TPSA) is 25.6 Å². The van der Waals surface area contributed by atoms with Crippen LogP contribution in [0.15, 0.2) is 168 Å². The number of rotatable bonds is 5. The molecule has 0 spiro atoms. The summed E-state index contributed by atoms with van der Waals surface area (Å²) in [5.74, 6) is 1.50. The molecule has 7 aromatic carbocycles. The number of nitrogens with zero attached hydrogens (tertiary/aromatic N) is 1. The van der Waals surface area contributed by atoms with Crippen molar-refractivity contribution in [2.75, 3.05) is 4.90 Å². The lowest BCUT2D eigenvalue weighted by Crippen LogP contribution is -2.16. The van der Waals surface area contributed by atoms with Crippen molar-refractivity contribution in [1.82, 2.24) is 0 Å². The van der Waals surface area contributed by atoms with E-state index in [0.29, 0.717) is 5.76 Å². The van der Waals surface area contributed by atoms with Crippen LogP contribution in [-0.2, 0) is 5.41 Å². The Bertz CT molecular complexity index is 2710. The molecule has 2 heterocycles. The number of hydrogen-bond donors (Lipinski definition) is 0. The fraction of sp³-hybridized carbons (Fsp3) is 0.0625. The standard InChI is InChI=1S/C48H33NO2/c1-48(2)41-16-10-9-15-37(41)38-23-21-36(30-42(38)48)49(34-19-17-32(18-20-34)31-11-5-3-6-12-31)35-22-25-45-40(29-35)47-39-24-26-43(33-13-7-4-8-14-33)50-44(39)27-28-46(47)51-45/h3-25,27-30H,1-2H3. The molecule has 0 N–H and O–H groups in total. The Morgan fingerprint density at radius 2 is 1.16 bits per heavy atom. The number of fused-ring (bicyclic) bond motifs is 8. The number of benzene rings is 7. The summed E-state index contributed by atoms with van der Waals surface area (Å²) < 4.78 is 12.9. The van der Waals surface area contributed by atoms with E-state index in [-0.39, 0.29) is 5.41 Å². The molecule has 1 aliphatic carbocycles. The van der Waals surface area contributed by atoms with Crippen LogP contribution in [0.25, 0.3) is 56.0 Å². The third kappa shape index (κ3) is 4.67. The second-order valence-corrected chi connectivity index (χ2v) is 13.9. The fourth-order valence-corrected chi connectivity index (χ4v) is 7.96.